The van der Waals surface area contributed by atoms with Gasteiger partial charge in [0.05, 0.1) is 30.3 Å². The normalized spacial score (nSPS) is 20.8. The molecule has 2 aliphatic rings. The number of piperidine rings is 1. The molecule has 1 aromatic carbocycles. The Bertz CT molecular complexity index is 1180. The number of methoxy groups -OCH3 is 1. The van der Waals surface area contributed by atoms with E-state index in [0.717, 1.165) is 53.8 Å². The summed E-state index contributed by atoms with van der Waals surface area (Å²) in [5.74, 6) is 2.13. The molecule has 1 unspecified atom stereocenters. The van der Waals surface area contributed by atoms with Gasteiger partial charge in [-0.25, -0.2) is 4.98 Å². The van der Waals surface area contributed by atoms with E-state index in [1.54, 1.807) is 13.3 Å². The van der Waals surface area contributed by atoms with E-state index in [-0.39, 0.29) is 17.9 Å². The molecule has 8 heteroatoms. The molecule has 34 heavy (non-hydrogen) atoms. The zero-order valence-corrected chi connectivity index (χ0v) is 19.6. The maximum atomic E-state index is 11.5. The van der Waals surface area contributed by atoms with E-state index in [2.05, 4.69) is 22.2 Å². The first kappa shape index (κ1) is 22.4. The first-order valence-electron chi connectivity index (χ1n) is 11.8. The highest BCUT2D eigenvalue weighted by molar-refractivity contribution is 5.87. The Morgan fingerprint density at radius 2 is 2.12 bits per heavy atom. The van der Waals surface area contributed by atoms with Gasteiger partial charge in [0.25, 0.3) is 0 Å². The summed E-state index contributed by atoms with van der Waals surface area (Å²) in [7, 11) is 3.77. The lowest BCUT2D eigenvalue weighted by molar-refractivity contribution is -0.119. The molecule has 2 aliphatic heterocycles. The summed E-state index contributed by atoms with van der Waals surface area (Å²) in [6, 6.07) is 11.7. The molecule has 5 rings (SSSR count). The average Bonchev–Trinajstić information content (AvgIpc) is 3.27. The molecule has 1 N–H and O–H groups in total. The van der Waals surface area contributed by atoms with Gasteiger partial charge in [0.2, 0.25) is 11.8 Å². The second-order valence-electron chi connectivity index (χ2n) is 9.08. The highest BCUT2D eigenvalue weighted by Gasteiger charge is 2.23. The van der Waals surface area contributed by atoms with E-state index in [4.69, 9.17) is 19.2 Å². The Morgan fingerprint density at radius 3 is 2.91 bits per heavy atom. The molecule has 0 spiro atoms. The molecule has 0 bridgehead atoms. The molecule has 0 saturated carbocycles. The lowest BCUT2D eigenvalue weighted by Crippen LogP contribution is -2.38. The average molecular weight is 463 g/mol. The molecule has 1 amide bonds. The maximum absolute atomic E-state index is 11.5. The number of likely N-dealkylation sites (N-methyl/N-ethyl adjacent to an activating group) is 1. The number of benzene rings is 1. The molecular weight excluding hydrogens is 432 g/mol. The van der Waals surface area contributed by atoms with Crippen molar-refractivity contribution in [2.75, 3.05) is 40.4 Å². The Kier molecular flexibility index (Phi) is 6.49. The molecule has 178 valence electrons. The van der Waals surface area contributed by atoms with Crippen LogP contribution in [0.3, 0.4) is 0 Å². The van der Waals surface area contributed by atoms with Crippen LogP contribution >= 0.6 is 0 Å². The van der Waals surface area contributed by atoms with Crippen molar-refractivity contribution in [2.45, 2.75) is 25.4 Å². The van der Waals surface area contributed by atoms with Crippen LogP contribution in [-0.2, 0) is 4.79 Å². The highest BCUT2D eigenvalue weighted by Crippen LogP contribution is 2.35. The van der Waals surface area contributed by atoms with Crippen LogP contribution in [0.5, 0.6) is 17.4 Å². The van der Waals surface area contributed by atoms with Crippen LogP contribution in [-0.4, -0.2) is 67.3 Å². The number of amides is 1. The Hall–Kier alpha value is -3.39. The van der Waals surface area contributed by atoms with Gasteiger partial charge in [-0.15, -0.1) is 0 Å². The monoisotopic (exact) mass is 462 g/mol. The van der Waals surface area contributed by atoms with Crippen molar-refractivity contribution >= 4 is 16.8 Å². The third-order valence-corrected chi connectivity index (χ3v) is 6.42. The van der Waals surface area contributed by atoms with Crippen LogP contribution < -0.4 is 19.5 Å². The number of nitrogens with zero attached hydrogens (tertiary/aromatic N) is 3. The minimum atomic E-state index is 0.0658. The quantitative estimate of drug-likeness (QED) is 0.577. The second kappa shape index (κ2) is 9.85. The summed E-state index contributed by atoms with van der Waals surface area (Å²) in [6.45, 7) is 3.07. The standard InChI is InChI=1S/C26H30N4O4/c1-30-10-4-5-19(15-30)34-23-8-7-18(12-24(23)32-2)21-13-22-20(6-3-9-27-22)26(29-21)33-16-17-11-25(31)28-14-17/h3,6-9,12-13,17,19H,4-5,10-11,14-16H2,1-2H3,(H,28,31)/t17-,19?/m1/s1. The van der Waals surface area contributed by atoms with E-state index in [0.29, 0.717) is 31.2 Å². The lowest BCUT2D eigenvalue weighted by atomic mass is 10.1. The van der Waals surface area contributed by atoms with Crippen molar-refractivity contribution in [3.8, 4) is 28.6 Å². The number of pyridine rings is 2. The largest absolute Gasteiger partial charge is 0.493 e. The Balaban J connectivity index is 1.42. The Morgan fingerprint density at radius 1 is 1.21 bits per heavy atom. The molecule has 3 aromatic rings. The van der Waals surface area contributed by atoms with Crippen molar-refractivity contribution in [2.24, 2.45) is 5.92 Å². The summed E-state index contributed by atoms with van der Waals surface area (Å²) in [6.07, 6.45) is 4.55. The van der Waals surface area contributed by atoms with Crippen molar-refractivity contribution in [1.29, 1.82) is 0 Å². The third-order valence-electron chi connectivity index (χ3n) is 6.42. The van der Waals surface area contributed by atoms with Crippen LogP contribution in [0.25, 0.3) is 22.2 Å². The molecule has 4 heterocycles. The van der Waals surface area contributed by atoms with Gasteiger partial charge >= 0.3 is 0 Å². The second-order valence-corrected chi connectivity index (χ2v) is 9.08. The first-order chi connectivity index (χ1) is 16.6. The zero-order valence-electron chi connectivity index (χ0n) is 19.6. The van der Waals surface area contributed by atoms with Crippen LogP contribution in [0, 0.1) is 5.92 Å². The van der Waals surface area contributed by atoms with Crippen molar-refractivity contribution in [1.82, 2.24) is 20.2 Å². The van der Waals surface area contributed by atoms with Gasteiger partial charge in [-0.2, -0.15) is 0 Å². The minimum Gasteiger partial charge on any atom is -0.493 e. The molecule has 2 atom stereocenters. The van der Waals surface area contributed by atoms with Gasteiger partial charge in [0.1, 0.15) is 6.10 Å². The van der Waals surface area contributed by atoms with Crippen LogP contribution in [0.1, 0.15) is 19.3 Å². The minimum absolute atomic E-state index is 0.0658. The smallest absolute Gasteiger partial charge is 0.223 e. The predicted octanol–water partition coefficient (Wildman–Crippen LogP) is 3.29. The molecule has 2 fully saturated rings. The Labute approximate surface area is 199 Å². The number of aromatic nitrogens is 2. The summed E-state index contributed by atoms with van der Waals surface area (Å²) in [5.41, 5.74) is 2.43. The van der Waals surface area contributed by atoms with E-state index < -0.39 is 0 Å². The maximum Gasteiger partial charge on any atom is 0.223 e. The SMILES string of the molecule is COc1cc(-c2cc3ncccc3c(OC[C@H]3CNC(=O)C3)n2)ccc1OC1CCCN(C)C1. The summed E-state index contributed by atoms with van der Waals surface area (Å²) < 4.78 is 18.0. The summed E-state index contributed by atoms with van der Waals surface area (Å²) >= 11 is 0. The van der Waals surface area contributed by atoms with Gasteiger partial charge in [0, 0.05) is 37.2 Å². The van der Waals surface area contributed by atoms with Gasteiger partial charge in [-0.3, -0.25) is 9.78 Å². The molecule has 0 radical (unpaired) electrons. The van der Waals surface area contributed by atoms with Gasteiger partial charge in [-0.1, -0.05) is 0 Å². The molecule has 2 aromatic heterocycles. The fourth-order valence-corrected chi connectivity index (χ4v) is 4.60. The third kappa shape index (κ3) is 4.92. The predicted molar refractivity (Wildman–Crippen MR) is 129 cm³/mol. The van der Waals surface area contributed by atoms with Crippen molar-refractivity contribution in [3.05, 3.63) is 42.6 Å². The number of nitrogens with one attached hydrogen (secondary N) is 1. The number of fused-ring (bicyclic) bond motifs is 1. The number of rotatable bonds is 7. The number of ether oxygens (including phenoxy) is 3. The van der Waals surface area contributed by atoms with E-state index in [1.165, 1.54) is 0 Å². The lowest BCUT2D eigenvalue weighted by Gasteiger charge is -2.30. The van der Waals surface area contributed by atoms with E-state index >= 15 is 0 Å². The topological polar surface area (TPSA) is 85.8 Å². The van der Waals surface area contributed by atoms with Crippen LogP contribution in [0.15, 0.2) is 42.6 Å². The van der Waals surface area contributed by atoms with Gasteiger partial charge < -0.3 is 24.4 Å². The van der Waals surface area contributed by atoms with Crippen molar-refractivity contribution in [3.63, 3.8) is 0 Å². The molecule has 8 nitrogen and oxygen atoms in total. The number of likely N-dealkylation sites (tertiary alicyclic amines) is 1. The van der Waals surface area contributed by atoms with Crippen molar-refractivity contribution < 1.29 is 19.0 Å². The number of hydrogen-bond acceptors (Lipinski definition) is 7. The van der Waals surface area contributed by atoms with E-state index in [9.17, 15) is 4.79 Å². The zero-order chi connectivity index (χ0) is 23.5. The summed E-state index contributed by atoms with van der Waals surface area (Å²) in [5, 5.41) is 3.69. The highest BCUT2D eigenvalue weighted by atomic mass is 16.5. The van der Waals surface area contributed by atoms with Gasteiger partial charge in [0.15, 0.2) is 11.5 Å². The molecule has 2 saturated heterocycles. The fourth-order valence-electron chi connectivity index (χ4n) is 4.60. The first-order valence-corrected chi connectivity index (χ1v) is 11.8. The number of hydrogen-bond donors (Lipinski definition) is 1. The summed E-state index contributed by atoms with van der Waals surface area (Å²) in [4.78, 5) is 23.1. The number of carbonyl (C=O) groups is 1. The van der Waals surface area contributed by atoms with Gasteiger partial charge in [-0.05, 0) is 62.8 Å². The van der Waals surface area contributed by atoms with Crippen LogP contribution in [0.2, 0.25) is 0 Å². The fraction of sp³-hybridized carbons (Fsp3) is 0.423. The van der Waals surface area contributed by atoms with Crippen LogP contribution in [0.4, 0.5) is 0 Å². The van der Waals surface area contributed by atoms with E-state index in [1.807, 2.05) is 36.4 Å². The molecular formula is C26H30N4O4. The molecule has 0 aliphatic carbocycles. The number of carbonyl (C=O) groups excluding carboxylic acids is 1.